The second-order valence-electron chi connectivity index (χ2n) is 7.72. The topological polar surface area (TPSA) is 176 Å². The summed E-state index contributed by atoms with van der Waals surface area (Å²) in [6.07, 6.45) is 0. The number of nitrogens with one attached hydrogen (secondary N) is 1. The Morgan fingerprint density at radius 2 is 1.84 bits per heavy atom. The smallest absolute Gasteiger partial charge is 0.293 e. The molecule has 0 radical (unpaired) electrons. The molecule has 0 aliphatic rings. The molecular formula is C22H18ClN7O5S2. The summed E-state index contributed by atoms with van der Waals surface area (Å²) in [5.74, 6) is -0.638. The number of aromatic nitrogens is 4. The first-order valence-corrected chi connectivity index (χ1v) is 13.3. The van der Waals surface area contributed by atoms with Crippen LogP contribution in [0, 0.1) is 17.0 Å². The molecule has 15 heteroatoms. The maximum atomic E-state index is 12.6. The minimum Gasteiger partial charge on any atom is -0.320 e. The number of nitrogens with two attached hydrogens (primary N) is 1. The lowest BCUT2D eigenvalue weighted by molar-refractivity contribution is -0.383. The molecule has 0 atom stereocenters. The van der Waals surface area contributed by atoms with Crippen LogP contribution in [0.15, 0.2) is 70.7 Å². The lowest BCUT2D eigenvalue weighted by Gasteiger charge is -2.09. The second kappa shape index (κ2) is 10.6. The minimum absolute atomic E-state index is 0.00155. The van der Waals surface area contributed by atoms with E-state index in [4.69, 9.17) is 16.7 Å². The average Bonchev–Trinajstić information content (AvgIpc) is 3.31. The van der Waals surface area contributed by atoms with Crippen LogP contribution < -0.4 is 10.5 Å². The van der Waals surface area contributed by atoms with Gasteiger partial charge in [0, 0.05) is 6.07 Å². The Morgan fingerprint density at radius 3 is 2.49 bits per heavy atom. The molecule has 0 unspecified atom stereocenters. The number of primary sulfonamides is 1. The summed E-state index contributed by atoms with van der Waals surface area (Å²) < 4.78 is 24.3. The minimum atomic E-state index is -3.87. The number of thioether (sulfide) groups is 1. The summed E-state index contributed by atoms with van der Waals surface area (Å²) >= 11 is 7.33. The highest BCUT2D eigenvalue weighted by atomic mass is 35.5. The van der Waals surface area contributed by atoms with E-state index >= 15 is 0 Å². The van der Waals surface area contributed by atoms with Crippen molar-refractivity contribution in [2.24, 2.45) is 5.14 Å². The highest BCUT2D eigenvalue weighted by Gasteiger charge is 2.19. The molecule has 0 saturated heterocycles. The Kier molecular flexibility index (Phi) is 7.54. The van der Waals surface area contributed by atoms with Crippen molar-refractivity contribution >= 4 is 50.7 Å². The first kappa shape index (κ1) is 26.2. The van der Waals surface area contributed by atoms with E-state index in [0.29, 0.717) is 27.0 Å². The van der Waals surface area contributed by atoms with Gasteiger partial charge in [0.25, 0.3) is 5.69 Å². The molecule has 3 N–H and O–H groups in total. The van der Waals surface area contributed by atoms with E-state index < -0.39 is 20.9 Å². The molecule has 190 valence electrons. The number of benzene rings is 3. The van der Waals surface area contributed by atoms with E-state index in [9.17, 15) is 23.3 Å². The van der Waals surface area contributed by atoms with Gasteiger partial charge in [0.05, 0.1) is 26.3 Å². The van der Waals surface area contributed by atoms with Crippen molar-refractivity contribution in [1.29, 1.82) is 0 Å². The van der Waals surface area contributed by atoms with Crippen LogP contribution in [0.2, 0.25) is 5.02 Å². The van der Waals surface area contributed by atoms with Gasteiger partial charge in [0.15, 0.2) is 0 Å². The Labute approximate surface area is 220 Å². The largest absolute Gasteiger partial charge is 0.320 e. The van der Waals surface area contributed by atoms with Gasteiger partial charge in [0.2, 0.25) is 21.1 Å². The quantitative estimate of drug-likeness (QED) is 0.185. The van der Waals surface area contributed by atoms with Gasteiger partial charge in [0.1, 0.15) is 5.69 Å². The van der Waals surface area contributed by atoms with Crippen LogP contribution in [-0.2, 0) is 14.8 Å². The summed E-state index contributed by atoms with van der Waals surface area (Å²) in [6, 6.07) is 15.2. The molecule has 4 aromatic rings. The monoisotopic (exact) mass is 559 g/mol. The van der Waals surface area contributed by atoms with E-state index in [1.54, 1.807) is 18.2 Å². The predicted octanol–water partition coefficient (Wildman–Crippen LogP) is 3.58. The molecule has 3 aromatic carbocycles. The molecule has 4 rings (SSSR count). The number of hydrogen-bond acceptors (Lipinski definition) is 9. The number of carbonyl (C=O) groups excluding carboxylic acids is 1. The average molecular weight is 560 g/mol. The molecule has 0 bridgehead atoms. The number of tetrazole rings is 1. The summed E-state index contributed by atoms with van der Waals surface area (Å²) in [5.41, 5.74) is 2.16. The van der Waals surface area contributed by atoms with Crippen LogP contribution in [-0.4, -0.2) is 45.2 Å². The molecule has 1 aromatic heterocycles. The number of aryl methyl sites for hydroxylation is 1. The van der Waals surface area contributed by atoms with Crippen molar-refractivity contribution < 1.29 is 18.1 Å². The maximum Gasteiger partial charge on any atom is 0.293 e. The van der Waals surface area contributed by atoms with Crippen molar-refractivity contribution in [2.45, 2.75) is 17.0 Å². The van der Waals surface area contributed by atoms with Crippen LogP contribution in [0.3, 0.4) is 0 Å². The molecule has 1 amide bonds. The molecule has 1 heterocycles. The molecule has 0 spiro atoms. The van der Waals surface area contributed by atoms with Crippen molar-refractivity contribution in [1.82, 2.24) is 20.2 Å². The van der Waals surface area contributed by atoms with Crippen LogP contribution in [0.25, 0.3) is 16.8 Å². The van der Waals surface area contributed by atoms with Gasteiger partial charge in [-0.05, 0) is 64.4 Å². The normalized spacial score (nSPS) is 11.3. The van der Waals surface area contributed by atoms with E-state index in [-0.39, 0.29) is 22.0 Å². The van der Waals surface area contributed by atoms with Crippen LogP contribution in [0.4, 0.5) is 11.4 Å². The molecule has 0 aliphatic carbocycles. The van der Waals surface area contributed by atoms with Crippen LogP contribution in [0.5, 0.6) is 0 Å². The standard InChI is InChI=1S/C22H18ClN7O5S2/c1-13-2-9-19(17(23)10-13)29-22(26-27-28-29)36-12-21(31)25-18-8-5-15(11-20(18)30(32)33)14-3-6-16(7-4-14)37(24,34)35/h2-11H,12H2,1H3,(H,25,31)(H2,24,34,35). The highest BCUT2D eigenvalue weighted by molar-refractivity contribution is 7.99. The second-order valence-corrected chi connectivity index (χ2v) is 10.6. The predicted molar refractivity (Wildman–Crippen MR) is 138 cm³/mol. The summed E-state index contributed by atoms with van der Waals surface area (Å²) in [7, 11) is -3.87. The zero-order chi connectivity index (χ0) is 26.7. The SMILES string of the molecule is Cc1ccc(-n2nnnc2SCC(=O)Nc2ccc(-c3ccc(S(N)(=O)=O)cc3)cc2[N+](=O)[O-])c(Cl)c1. The van der Waals surface area contributed by atoms with Gasteiger partial charge in [-0.1, -0.05) is 47.6 Å². The van der Waals surface area contributed by atoms with E-state index in [1.807, 2.05) is 13.0 Å². The van der Waals surface area contributed by atoms with Gasteiger partial charge < -0.3 is 5.32 Å². The Bertz CT molecular complexity index is 1610. The molecule has 0 saturated carbocycles. The van der Waals surface area contributed by atoms with Crippen molar-refractivity contribution in [3.05, 3.63) is 81.4 Å². The van der Waals surface area contributed by atoms with E-state index in [2.05, 4.69) is 20.8 Å². The third-order valence-corrected chi connectivity index (χ3v) is 7.24. The molecule has 37 heavy (non-hydrogen) atoms. The highest BCUT2D eigenvalue weighted by Crippen LogP contribution is 2.32. The fourth-order valence-electron chi connectivity index (χ4n) is 3.33. The lowest BCUT2D eigenvalue weighted by Crippen LogP contribution is -2.15. The molecule has 0 fully saturated rings. The fourth-order valence-corrected chi connectivity index (χ4v) is 4.84. The number of halogens is 1. The number of rotatable bonds is 8. The Morgan fingerprint density at radius 1 is 1.14 bits per heavy atom. The van der Waals surface area contributed by atoms with E-state index in [0.717, 1.165) is 17.3 Å². The summed E-state index contributed by atoms with van der Waals surface area (Å²) in [4.78, 5) is 23.6. The number of anilines is 1. The summed E-state index contributed by atoms with van der Waals surface area (Å²) in [5, 5.41) is 31.6. The van der Waals surface area contributed by atoms with Crippen LogP contribution in [0.1, 0.15) is 5.56 Å². The number of amides is 1. The molecular weight excluding hydrogens is 542 g/mol. The van der Waals surface area contributed by atoms with Gasteiger partial charge >= 0.3 is 0 Å². The zero-order valence-electron chi connectivity index (χ0n) is 19.0. The molecule has 12 nitrogen and oxygen atoms in total. The number of sulfonamides is 1. The van der Waals surface area contributed by atoms with Gasteiger partial charge in [-0.25, -0.2) is 13.6 Å². The Hall–Kier alpha value is -3.85. The third kappa shape index (κ3) is 6.11. The summed E-state index contributed by atoms with van der Waals surface area (Å²) in [6.45, 7) is 1.89. The van der Waals surface area contributed by atoms with Crippen molar-refractivity contribution in [3.63, 3.8) is 0 Å². The van der Waals surface area contributed by atoms with Gasteiger partial charge in [-0.3, -0.25) is 14.9 Å². The zero-order valence-corrected chi connectivity index (χ0v) is 21.4. The lowest BCUT2D eigenvalue weighted by atomic mass is 10.0. The van der Waals surface area contributed by atoms with Crippen LogP contribution >= 0.6 is 23.4 Å². The van der Waals surface area contributed by atoms with Crippen molar-refractivity contribution in [2.75, 3.05) is 11.1 Å². The van der Waals surface area contributed by atoms with Gasteiger partial charge in [-0.15, -0.1) is 5.10 Å². The third-order valence-electron chi connectivity index (χ3n) is 5.09. The first-order valence-electron chi connectivity index (χ1n) is 10.4. The number of hydrogen-bond donors (Lipinski definition) is 2. The van der Waals surface area contributed by atoms with Crippen molar-refractivity contribution in [3.8, 4) is 16.8 Å². The maximum absolute atomic E-state index is 12.6. The fraction of sp³-hybridized carbons (Fsp3) is 0.0909. The molecule has 0 aliphatic heterocycles. The number of nitro groups is 1. The van der Waals surface area contributed by atoms with Gasteiger partial charge in [-0.2, -0.15) is 4.68 Å². The first-order chi connectivity index (χ1) is 17.5. The number of nitrogens with zero attached hydrogens (tertiary/aromatic N) is 5. The number of nitro benzene ring substituents is 1. The number of carbonyl (C=O) groups is 1. The Balaban J connectivity index is 1.49. The van der Waals surface area contributed by atoms with E-state index in [1.165, 1.54) is 41.1 Å².